The maximum absolute atomic E-state index is 13.6. The van der Waals surface area contributed by atoms with Crippen LogP contribution < -0.4 is 14.4 Å². The molecule has 2 aromatic rings. The molecule has 0 spiro atoms. The Morgan fingerprint density at radius 1 is 1.14 bits per heavy atom. The van der Waals surface area contributed by atoms with Crippen LogP contribution >= 0.6 is 0 Å². The number of hydrogen-bond donors (Lipinski definition) is 1. The van der Waals surface area contributed by atoms with Gasteiger partial charge >= 0.3 is 12.1 Å². The topological polar surface area (TPSA) is 102 Å². The van der Waals surface area contributed by atoms with E-state index in [1.165, 1.54) is 19.2 Å². The molecular weight excluding hydrogens is 513 g/mol. The summed E-state index contributed by atoms with van der Waals surface area (Å²) in [6.07, 6.45) is -5.96. The summed E-state index contributed by atoms with van der Waals surface area (Å²) in [4.78, 5) is 23.7. The lowest BCUT2D eigenvalue weighted by Gasteiger charge is -2.35. The SMILES string of the molecule is CNC(=O)C[C@H]1CN(S(=O)(=O)c2cccc(C(F)(F)F)c2)c2cc(CC(=O)OCC(C)(C)C)ccc2O1. The number of ether oxygens (including phenoxy) is 2. The number of nitrogens with one attached hydrogen (secondary N) is 1. The van der Waals surface area contributed by atoms with Crippen LogP contribution in [-0.2, 0) is 36.9 Å². The zero-order valence-corrected chi connectivity index (χ0v) is 21.7. The number of benzene rings is 2. The number of halogens is 3. The van der Waals surface area contributed by atoms with E-state index in [0.29, 0.717) is 11.6 Å². The normalized spacial score (nSPS) is 16.0. The maximum atomic E-state index is 13.6. The number of hydrogen-bond acceptors (Lipinski definition) is 6. The van der Waals surface area contributed by atoms with E-state index in [4.69, 9.17) is 9.47 Å². The molecule has 1 atom stereocenters. The van der Waals surface area contributed by atoms with Crippen molar-refractivity contribution < 1.29 is 40.7 Å². The van der Waals surface area contributed by atoms with Crippen LogP contribution in [0.2, 0.25) is 0 Å². The minimum absolute atomic E-state index is 0.0479. The Labute approximate surface area is 213 Å². The molecule has 8 nitrogen and oxygen atoms in total. The van der Waals surface area contributed by atoms with Crippen LogP contribution in [0.5, 0.6) is 5.75 Å². The van der Waals surface area contributed by atoms with Crippen molar-refractivity contribution in [3.63, 3.8) is 0 Å². The van der Waals surface area contributed by atoms with Gasteiger partial charge in [0.05, 0.1) is 42.1 Å². The third-order valence-corrected chi connectivity index (χ3v) is 7.19. The molecule has 0 aromatic heterocycles. The molecule has 0 saturated carbocycles. The Kier molecular flexibility index (Phi) is 8.11. The smallest absolute Gasteiger partial charge is 0.416 e. The molecule has 0 fully saturated rings. The second kappa shape index (κ2) is 10.6. The molecule has 1 N–H and O–H groups in total. The largest absolute Gasteiger partial charge is 0.486 e. The van der Waals surface area contributed by atoms with E-state index in [-0.39, 0.29) is 42.8 Å². The van der Waals surface area contributed by atoms with Crippen LogP contribution in [0.25, 0.3) is 0 Å². The lowest BCUT2D eigenvalue weighted by atomic mass is 9.99. The molecule has 2 aromatic carbocycles. The van der Waals surface area contributed by atoms with Gasteiger partial charge < -0.3 is 14.8 Å². The third-order valence-electron chi connectivity index (χ3n) is 5.41. The summed E-state index contributed by atoms with van der Waals surface area (Å²) in [6, 6.07) is 7.88. The first-order chi connectivity index (χ1) is 17.1. The summed E-state index contributed by atoms with van der Waals surface area (Å²) in [7, 11) is -3.09. The highest BCUT2D eigenvalue weighted by atomic mass is 32.2. The van der Waals surface area contributed by atoms with E-state index >= 15 is 0 Å². The molecule has 0 saturated heterocycles. The van der Waals surface area contributed by atoms with Crippen molar-refractivity contribution in [2.24, 2.45) is 5.41 Å². The fourth-order valence-electron chi connectivity index (χ4n) is 3.59. The molecule has 1 heterocycles. The first-order valence-corrected chi connectivity index (χ1v) is 12.9. The number of nitrogens with zero attached hydrogens (tertiary/aromatic N) is 1. The summed E-state index contributed by atoms with van der Waals surface area (Å²) < 4.78 is 79.0. The van der Waals surface area contributed by atoms with Gasteiger partial charge in [-0.3, -0.25) is 13.9 Å². The molecular formula is C25H29F3N2O6S. The van der Waals surface area contributed by atoms with Crippen molar-refractivity contribution in [3.8, 4) is 5.75 Å². The summed E-state index contributed by atoms with van der Waals surface area (Å²) in [5, 5.41) is 2.44. The fourth-order valence-corrected chi connectivity index (χ4v) is 5.13. The molecule has 3 rings (SSSR count). The molecule has 202 valence electrons. The Hall–Kier alpha value is -3.28. The molecule has 0 aliphatic carbocycles. The average molecular weight is 543 g/mol. The van der Waals surface area contributed by atoms with E-state index < -0.39 is 44.6 Å². The molecule has 1 aliphatic heterocycles. The van der Waals surface area contributed by atoms with Gasteiger partial charge in [-0.25, -0.2) is 8.42 Å². The zero-order chi connectivity index (χ0) is 27.6. The van der Waals surface area contributed by atoms with Crippen LogP contribution in [0, 0.1) is 5.41 Å². The molecule has 1 amide bonds. The van der Waals surface area contributed by atoms with Crippen LogP contribution in [-0.4, -0.2) is 46.6 Å². The minimum atomic E-state index is -4.74. The van der Waals surface area contributed by atoms with Gasteiger partial charge in [0, 0.05) is 7.05 Å². The molecule has 0 bridgehead atoms. The Morgan fingerprint density at radius 2 is 1.84 bits per heavy atom. The standard InChI is InChI=1S/C25H29F3N2O6S/c1-24(2,3)15-35-23(32)11-16-8-9-21-20(10-16)30(14-18(36-21)13-22(31)29-4)37(33,34)19-7-5-6-17(12-19)25(26,27)28/h5-10,12,18H,11,13-15H2,1-4H3,(H,29,31)/t18-/m0/s1. The first-order valence-electron chi connectivity index (χ1n) is 11.5. The van der Waals surface area contributed by atoms with Gasteiger partial charge in [0.2, 0.25) is 5.91 Å². The van der Waals surface area contributed by atoms with Gasteiger partial charge in [-0.05, 0) is 41.3 Å². The zero-order valence-electron chi connectivity index (χ0n) is 20.9. The quantitative estimate of drug-likeness (QED) is 0.532. The van der Waals surface area contributed by atoms with E-state index in [9.17, 15) is 31.2 Å². The molecule has 1 aliphatic rings. The number of rotatable bonds is 7. The third kappa shape index (κ3) is 7.15. The number of amides is 1. The van der Waals surface area contributed by atoms with E-state index in [0.717, 1.165) is 22.5 Å². The van der Waals surface area contributed by atoms with Gasteiger partial charge in [0.1, 0.15) is 11.9 Å². The number of fused-ring (bicyclic) bond motifs is 1. The summed E-state index contributed by atoms with van der Waals surface area (Å²) in [6.45, 7) is 5.58. The van der Waals surface area contributed by atoms with Crippen LogP contribution in [0.3, 0.4) is 0 Å². The number of sulfonamides is 1. The van der Waals surface area contributed by atoms with Crippen molar-refractivity contribution in [1.29, 1.82) is 0 Å². The lowest BCUT2D eigenvalue weighted by Crippen LogP contribution is -2.45. The summed E-state index contributed by atoms with van der Waals surface area (Å²) in [5.74, 6) is -0.804. The van der Waals surface area contributed by atoms with Gasteiger partial charge in [-0.15, -0.1) is 0 Å². The number of carbonyl (C=O) groups is 2. The lowest BCUT2D eigenvalue weighted by molar-refractivity contribution is -0.145. The monoisotopic (exact) mass is 542 g/mol. The van der Waals surface area contributed by atoms with Crippen LogP contribution in [0.1, 0.15) is 38.3 Å². The fraction of sp³-hybridized carbons (Fsp3) is 0.440. The maximum Gasteiger partial charge on any atom is 0.416 e. The highest BCUT2D eigenvalue weighted by molar-refractivity contribution is 7.92. The minimum Gasteiger partial charge on any atom is -0.486 e. The predicted octanol–water partition coefficient (Wildman–Crippen LogP) is 3.93. The predicted molar refractivity (Wildman–Crippen MR) is 130 cm³/mol. The van der Waals surface area contributed by atoms with E-state index in [1.807, 2.05) is 20.8 Å². The van der Waals surface area contributed by atoms with E-state index in [2.05, 4.69) is 5.32 Å². The molecule has 37 heavy (non-hydrogen) atoms. The highest BCUT2D eigenvalue weighted by Crippen LogP contribution is 2.39. The van der Waals surface area contributed by atoms with Crippen LogP contribution in [0.15, 0.2) is 47.4 Å². The van der Waals surface area contributed by atoms with Crippen molar-refractivity contribution >= 4 is 27.6 Å². The number of esters is 1. The Bertz CT molecular complexity index is 1270. The molecule has 12 heteroatoms. The number of anilines is 1. The van der Waals surface area contributed by atoms with Crippen molar-refractivity contribution in [2.45, 2.75) is 50.8 Å². The Morgan fingerprint density at radius 3 is 2.46 bits per heavy atom. The van der Waals surface area contributed by atoms with Crippen molar-refractivity contribution in [1.82, 2.24) is 5.32 Å². The number of carbonyl (C=O) groups excluding carboxylic acids is 2. The Balaban J connectivity index is 2.00. The van der Waals surface area contributed by atoms with Crippen molar-refractivity contribution in [3.05, 3.63) is 53.6 Å². The van der Waals surface area contributed by atoms with Gasteiger partial charge in [0.15, 0.2) is 0 Å². The van der Waals surface area contributed by atoms with Crippen LogP contribution in [0.4, 0.5) is 18.9 Å². The second-order valence-corrected chi connectivity index (χ2v) is 11.7. The molecule has 0 unspecified atom stereocenters. The van der Waals surface area contributed by atoms with Crippen molar-refractivity contribution in [2.75, 3.05) is 24.5 Å². The summed E-state index contributed by atoms with van der Waals surface area (Å²) in [5.41, 5.74) is -0.879. The second-order valence-electron chi connectivity index (χ2n) is 9.88. The average Bonchev–Trinajstić information content (AvgIpc) is 2.81. The highest BCUT2D eigenvalue weighted by Gasteiger charge is 2.37. The van der Waals surface area contributed by atoms with Gasteiger partial charge in [-0.2, -0.15) is 13.2 Å². The number of alkyl halides is 3. The summed E-state index contributed by atoms with van der Waals surface area (Å²) >= 11 is 0. The molecule has 0 radical (unpaired) electrons. The van der Waals surface area contributed by atoms with Gasteiger partial charge in [-0.1, -0.05) is 32.9 Å². The van der Waals surface area contributed by atoms with E-state index in [1.54, 1.807) is 6.07 Å². The first kappa shape index (κ1) is 28.3. The van der Waals surface area contributed by atoms with Gasteiger partial charge in [0.25, 0.3) is 10.0 Å².